The minimum atomic E-state index is 0.151. The second-order valence-electron chi connectivity index (χ2n) is 37.7. The molecule has 704 valence electrons. The van der Waals surface area contributed by atoms with Crippen LogP contribution in [0.25, 0.3) is 188 Å². The van der Waals surface area contributed by atoms with Gasteiger partial charge in [0, 0.05) is 160 Å². The smallest absolute Gasteiger partial charge is 0.0945 e. The molecule has 1 aliphatic carbocycles. The zero-order valence-corrected chi connectivity index (χ0v) is 83.8. The molecule has 12 heteroatoms. The SMILES string of the molecule is C=C(C)/C=C\C=C\C1=NCC(c2cccc(C)c2)N=C1.C=C/C(C)=C\C=C\c1cnc(-c2ccc(C)cc2)cn1.CC1=CCCC=C1c1cnc(-c2ccccc2C)cn1.Cc1ccc(-c2ccc(C)cc2-n2c3ccccc3c3ccccc32)c(-n2c3ccccc3c3ccccc32)c1.Cn1c2ccccc2c2cc3c(cc21)c1ccccc1n3C.Cn1c2ccccc2c2ccc3c4ccccc4n(C)c3c21. The first-order valence-corrected chi connectivity index (χ1v) is 49.4. The van der Waals surface area contributed by atoms with Crippen LogP contribution >= 0.6 is 0 Å². The van der Waals surface area contributed by atoms with E-state index in [2.05, 4.69) is 468 Å². The molecule has 0 amide bonds. The van der Waals surface area contributed by atoms with Gasteiger partial charge in [-0.15, -0.1) is 0 Å². The zero-order chi connectivity index (χ0) is 99.2. The summed E-state index contributed by atoms with van der Waals surface area (Å²) in [4.78, 5) is 27.2. The molecule has 23 aromatic rings. The maximum absolute atomic E-state index is 4.60. The number of aromatic nitrogens is 10. The Morgan fingerprint density at radius 3 is 1.23 bits per heavy atom. The molecule has 0 bridgehead atoms. The largest absolute Gasteiger partial charge is 0.344 e. The maximum Gasteiger partial charge on any atom is 0.0945 e. The molecule has 0 radical (unpaired) electrons. The van der Waals surface area contributed by atoms with Crippen molar-refractivity contribution in [3.8, 4) is 45.0 Å². The van der Waals surface area contributed by atoms with Gasteiger partial charge in [-0.1, -0.05) is 339 Å². The van der Waals surface area contributed by atoms with Gasteiger partial charge in [-0.05, 0) is 181 Å². The highest BCUT2D eigenvalue weighted by Gasteiger charge is 2.24. The lowest BCUT2D eigenvalue weighted by Crippen LogP contribution is -2.11. The van der Waals surface area contributed by atoms with Gasteiger partial charge >= 0.3 is 0 Å². The summed E-state index contributed by atoms with van der Waals surface area (Å²) >= 11 is 0. The Bertz CT molecular complexity index is 8670. The minimum Gasteiger partial charge on any atom is -0.344 e. The molecule has 0 saturated heterocycles. The van der Waals surface area contributed by atoms with Crippen molar-refractivity contribution in [2.45, 2.75) is 74.3 Å². The van der Waals surface area contributed by atoms with E-state index < -0.39 is 0 Å². The number of aryl methyl sites for hydroxylation is 9. The van der Waals surface area contributed by atoms with Gasteiger partial charge < -0.3 is 27.4 Å². The van der Waals surface area contributed by atoms with Crippen LogP contribution in [0.3, 0.4) is 0 Å². The third kappa shape index (κ3) is 19.0. The van der Waals surface area contributed by atoms with E-state index in [1.807, 2.05) is 93.2 Å². The van der Waals surface area contributed by atoms with E-state index in [-0.39, 0.29) is 6.04 Å². The second-order valence-corrected chi connectivity index (χ2v) is 37.7. The first-order valence-electron chi connectivity index (χ1n) is 49.4. The highest BCUT2D eigenvalue weighted by atomic mass is 15.0. The number of nitrogens with zero attached hydrogens (tertiary/aromatic N) is 12. The van der Waals surface area contributed by atoms with Crippen molar-refractivity contribution < 1.29 is 0 Å². The molecular weight excluding hydrogens is 1750 g/mol. The monoisotopic (exact) mass is 1870 g/mol. The summed E-state index contributed by atoms with van der Waals surface area (Å²) in [5.74, 6) is 0. The predicted molar refractivity (Wildman–Crippen MR) is 615 cm³/mol. The number of allylic oxidation sites excluding steroid dienone is 13. The van der Waals surface area contributed by atoms with Crippen LogP contribution in [0.2, 0.25) is 0 Å². The molecule has 1 unspecified atom stereocenters. The molecule has 1 atom stereocenters. The third-order valence-electron chi connectivity index (χ3n) is 27.8. The van der Waals surface area contributed by atoms with Gasteiger partial charge in [-0.2, -0.15) is 0 Å². The van der Waals surface area contributed by atoms with E-state index in [0.29, 0.717) is 6.54 Å². The molecule has 25 rings (SSSR count). The van der Waals surface area contributed by atoms with Crippen molar-refractivity contribution >= 4 is 154 Å². The van der Waals surface area contributed by atoms with Crippen LogP contribution in [0.5, 0.6) is 0 Å². The van der Waals surface area contributed by atoms with Gasteiger partial charge in [0.25, 0.3) is 0 Å². The molecule has 1 aliphatic heterocycles. The lowest BCUT2D eigenvalue weighted by atomic mass is 9.97. The maximum atomic E-state index is 4.60. The quantitative estimate of drug-likeness (QED) is 0.107. The first kappa shape index (κ1) is 94.1. The number of hydrogen-bond donors (Lipinski definition) is 0. The number of rotatable bonds is 13. The van der Waals surface area contributed by atoms with E-state index >= 15 is 0 Å². The minimum absolute atomic E-state index is 0.151. The van der Waals surface area contributed by atoms with Gasteiger partial charge in [0.2, 0.25) is 0 Å². The zero-order valence-electron chi connectivity index (χ0n) is 83.8. The van der Waals surface area contributed by atoms with Gasteiger partial charge in [0.15, 0.2) is 0 Å². The Kier molecular flexibility index (Phi) is 27.1. The fraction of sp³-hybridized carbons (Fsp3) is 0.121. The predicted octanol–water partition coefficient (Wildman–Crippen LogP) is 33.5. The second kappa shape index (κ2) is 41.5. The summed E-state index contributed by atoms with van der Waals surface area (Å²) in [7, 11) is 8.65. The van der Waals surface area contributed by atoms with E-state index in [4.69, 9.17) is 0 Å². The average Bonchev–Trinajstić information content (AvgIpc) is 1.56. The summed E-state index contributed by atoms with van der Waals surface area (Å²) in [6.45, 7) is 25.0. The van der Waals surface area contributed by atoms with Gasteiger partial charge in [-0.3, -0.25) is 29.9 Å². The van der Waals surface area contributed by atoms with Crippen molar-refractivity contribution in [1.82, 2.24) is 47.3 Å². The fourth-order valence-electron chi connectivity index (χ4n) is 20.4. The number of fused-ring (bicyclic) bond motifs is 19. The summed E-state index contributed by atoms with van der Waals surface area (Å²) in [6, 6.07) is 118. The van der Waals surface area contributed by atoms with E-state index in [1.54, 1.807) is 12.4 Å². The summed E-state index contributed by atoms with van der Waals surface area (Å²) in [5, 5.41) is 15.7. The van der Waals surface area contributed by atoms with E-state index in [0.717, 1.165) is 63.6 Å². The Labute approximate surface area is 841 Å². The molecule has 144 heavy (non-hydrogen) atoms. The van der Waals surface area contributed by atoms with Crippen LogP contribution in [-0.2, 0) is 28.2 Å². The van der Waals surface area contributed by atoms with Crippen LogP contribution in [-0.4, -0.2) is 65.8 Å². The molecule has 0 fully saturated rings. The molecule has 2 aliphatic rings. The third-order valence-corrected chi connectivity index (χ3v) is 27.8. The molecule has 12 nitrogen and oxygen atoms in total. The van der Waals surface area contributed by atoms with Crippen molar-refractivity contribution in [2.24, 2.45) is 38.2 Å². The highest BCUT2D eigenvalue weighted by molar-refractivity contribution is 6.36. The number of para-hydroxylation sites is 8. The van der Waals surface area contributed by atoms with E-state index in [1.165, 1.54) is 198 Å². The van der Waals surface area contributed by atoms with Crippen molar-refractivity contribution in [2.75, 3.05) is 6.54 Å². The van der Waals surface area contributed by atoms with E-state index in [9.17, 15) is 0 Å². The summed E-state index contributed by atoms with van der Waals surface area (Å²) < 4.78 is 14.1. The van der Waals surface area contributed by atoms with Crippen LogP contribution in [0, 0.1) is 34.6 Å². The average molecular weight is 1870 g/mol. The molecule has 9 heterocycles. The Balaban J connectivity index is 0.000000108. The van der Waals surface area contributed by atoms with Crippen molar-refractivity contribution in [1.29, 1.82) is 0 Å². The first-order chi connectivity index (χ1) is 70.3. The molecule has 0 saturated carbocycles. The lowest BCUT2D eigenvalue weighted by Gasteiger charge is -2.19. The van der Waals surface area contributed by atoms with Gasteiger partial charge in [0.1, 0.15) is 0 Å². The standard InChI is InChI=1S/C38H28N2.2C20H16N2.C18H18N2.C18H20N2.C18H18N2/c1-25-19-21-31(37(23-25)39-33-15-7-3-11-27(33)28-12-4-8-16-34(28)39)32-22-20-26(2)24-38(32)40-35-17-9-5-13-29(35)30-14-6-10-18-36(30)40;1-21-17-9-5-3-7-13(17)15-12-20-16(11-19(15)21)14-8-4-6-10-18(14)22(20)2;1-21-17-9-5-3-7-13(17)15-11-12-16-14-8-4-6-10-18(14)22(2)20(16)19(15)21;1-13-7-3-5-9-15(13)17-11-20-18(12-19-17)16-10-6-4-8-14(16)2;1-14(2)7-4-5-10-17-12-20-18(13-19-17)16-9-6-8-15(3)11-16;1-4-14(2)6-5-7-17-12-20-18(13-19-17)16-10-8-15(3)9-11-16/h3-24H,1-2H3;2*3-12H,1-2H3;3,5,7-12H,4,6H2,1-2H3;4-12,18H,1,13H2,2-3H3;4-13H,1H2,2-3H3/b;;;;7-4-,10-5+;7-5+,14-6-. The molecule has 0 N–H and O–H groups in total. The Morgan fingerprint density at radius 1 is 0.347 bits per heavy atom. The summed E-state index contributed by atoms with van der Waals surface area (Å²) in [5.41, 5.74) is 39.0. The Morgan fingerprint density at radius 2 is 0.778 bits per heavy atom. The Hall–Kier alpha value is -17.5. The number of aliphatic imine (C=N–C) groups is 2. The topological polar surface area (TPSA) is 106 Å². The van der Waals surface area contributed by atoms with Crippen LogP contribution in [0.4, 0.5) is 0 Å². The van der Waals surface area contributed by atoms with Crippen LogP contribution in [0.1, 0.15) is 84.4 Å². The molecular formula is C132H116N12. The van der Waals surface area contributed by atoms with Crippen molar-refractivity contribution in [3.05, 3.63) is 482 Å². The molecule has 0 spiro atoms. The molecule has 8 aromatic heterocycles. The number of hydrogen-bond acceptors (Lipinski definition) is 6. The highest BCUT2D eigenvalue weighted by Crippen LogP contribution is 2.45. The van der Waals surface area contributed by atoms with Crippen molar-refractivity contribution in [3.63, 3.8) is 0 Å². The van der Waals surface area contributed by atoms with Crippen LogP contribution < -0.4 is 0 Å². The van der Waals surface area contributed by atoms with Gasteiger partial charge in [-0.25, -0.2) is 0 Å². The lowest BCUT2D eigenvalue weighted by molar-refractivity contribution is 0.738. The van der Waals surface area contributed by atoms with Crippen LogP contribution in [0.15, 0.2) is 447 Å². The number of benzene rings is 15. The fourth-order valence-corrected chi connectivity index (χ4v) is 20.4. The van der Waals surface area contributed by atoms with Gasteiger partial charge in [0.05, 0.1) is 110 Å². The summed E-state index contributed by atoms with van der Waals surface area (Å²) in [6.07, 6.45) is 31.5. The normalized spacial score (nSPS) is 13.2. The molecule has 15 aromatic carbocycles.